The zero-order valence-electron chi connectivity index (χ0n) is 19.9. The maximum atomic E-state index is 14.2. The molecule has 0 unspecified atom stereocenters. The Kier molecular flexibility index (Phi) is 7.06. The van der Waals surface area contributed by atoms with Gasteiger partial charge in [0.2, 0.25) is 0 Å². The average Bonchev–Trinajstić information content (AvgIpc) is 3.51. The lowest BCUT2D eigenvalue weighted by molar-refractivity contribution is -0.140. The van der Waals surface area contributed by atoms with Crippen LogP contribution in [0.15, 0.2) is 54.6 Å². The van der Waals surface area contributed by atoms with Crippen molar-refractivity contribution in [2.24, 2.45) is 0 Å². The van der Waals surface area contributed by atoms with Gasteiger partial charge in [0.15, 0.2) is 0 Å². The van der Waals surface area contributed by atoms with Gasteiger partial charge in [0.05, 0.1) is 21.1 Å². The Labute approximate surface area is 225 Å². The van der Waals surface area contributed by atoms with Gasteiger partial charge in [-0.05, 0) is 60.6 Å². The summed E-state index contributed by atoms with van der Waals surface area (Å²) in [5, 5.41) is 11.2. The summed E-state index contributed by atoms with van der Waals surface area (Å²) in [6.45, 7) is 0.875. The maximum absolute atomic E-state index is 14.2. The summed E-state index contributed by atoms with van der Waals surface area (Å²) in [7, 11) is 1.79. The van der Waals surface area contributed by atoms with Gasteiger partial charge in [-0.25, -0.2) is 4.39 Å². The number of likely N-dealkylation sites (tertiary alicyclic amines) is 1. The first-order valence-electron chi connectivity index (χ1n) is 11.6. The monoisotopic (exact) mass is 565 g/mol. The number of halogens is 6. The van der Waals surface area contributed by atoms with Gasteiger partial charge in [-0.3, -0.25) is 14.8 Å². The minimum atomic E-state index is -4.77. The number of carbonyl (C=O) groups excluding carboxylic acids is 1. The molecule has 0 radical (unpaired) electrons. The molecule has 1 N–H and O–H groups in total. The molecule has 6 nitrogen and oxygen atoms in total. The largest absolute Gasteiger partial charge is 0.419 e. The number of aromatic amines is 1. The van der Waals surface area contributed by atoms with E-state index in [1.807, 2.05) is 11.0 Å². The molecule has 1 saturated heterocycles. The number of rotatable bonds is 5. The highest BCUT2D eigenvalue weighted by atomic mass is 35.5. The predicted octanol–water partition coefficient (Wildman–Crippen LogP) is 6.16. The first-order chi connectivity index (χ1) is 18.0. The molecule has 1 aromatic heterocycles. The molecule has 0 saturated carbocycles. The van der Waals surface area contributed by atoms with Crippen LogP contribution in [0.4, 0.5) is 17.6 Å². The van der Waals surface area contributed by atoms with Crippen LogP contribution in [0, 0.1) is 5.82 Å². The third kappa shape index (κ3) is 5.21. The topological polar surface area (TPSA) is 65.1 Å². The second kappa shape index (κ2) is 10.2. The van der Waals surface area contributed by atoms with Crippen LogP contribution < -0.4 is 0 Å². The van der Waals surface area contributed by atoms with Crippen molar-refractivity contribution in [3.8, 4) is 0 Å². The fraction of sp³-hybridized carbons (Fsp3) is 0.269. The summed E-state index contributed by atoms with van der Waals surface area (Å²) in [4.78, 5) is 17.1. The zero-order chi connectivity index (χ0) is 27.2. The molecule has 198 valence electrons. The molecule has 0 bridgehead atoms. The number of nitrogens with one attached hydrogen (secondary N) is 1. The van der Waals surface area contributed by atoms with Crippen molar-refractivity contribution in [1.82, 2.24) is 25.2 Å². The number of benzene rings is 3. The van der Waals surface area contributed by atoms with Gasteiger partial charge in [-0.2, -0.15) is 13.2 Å². The Morgan fingerprint density at radius 3 is 2.58 bits per heavy atom. The molecule has 38 heavy (non-hydrogen) atoms. The third-order valence-corrected chi connectivity index (χ3v) is 7.60. The smallest absolute Gasteiger partial charge is 0.336 e. The van der Waals surface area contributed by atoms with Gasteiger partial charge in [0.1, 0.15) is 11.3 Å². The van der Waals surface area contributed by atoms with Crippen molar-refractivity contribution < 1.29 is 22.4 Å². The molecule has 12 heteroatoms. The summed E-state index contributed by atoms with van der Waals surface area (Å²) in [5.74, 6) is -1.70. The number of alkyl halides is 3. The maximum Gasteiger partial charge on any atom is 0.419 e. The molecule has 3 aromatic carbocycles. The zero-order valence-corrected chi connectivity index (χ0v) is 21.4. The van der Waals surface area contributed by atoms with Crippen molar-refractivity contribution in [3.63, 3.8) is 0 Å². The van der Waals surface area contributed by atoms with Gasteiger partial charge in [-0.15, -0.1) is 5.10 Å². The van der Waals surface area contributed by atoms with Crippen LogP contribution in [-0.2, 0) is 12.7 Å². The van der Waals surface area contributed by atoms with Crippen LogP contribution in [0.5, 0.6) is 0 Å². The standard InChI is InChI=1S/C26H21Cl2F4N5O/c1-36(11-14-2-5-18(21(29)8-14)26(30,31)32)24-13-37(12-17(24)15-3-6-19(27)20(28)9-15)25(38)16-4-7-22-23(10-16)34-35-33-22/h2-10,17,24H,11-13H2,1H3,(H,33,34,35)/t17-,24-/m1/s1. The lowest BCUT2D eigenvalue weighted by atomic mass is 9.93. The van der Waals surface area contributed by atoms with Crippen LogP contribution in [0.1, 0.15) is 33.0 Å². The van der Waals surface area contributed by atoms with E-state index >= 15 is 0 Å². The Hall–Kier alpha value is -3.21. The minimum Gasteiger partial charge on any atom is -0.336 e. The van der Waals surface area contributed by atoms with E-state index in [1.54, 1.807) is 42.3 Å². The molecule has 1 fully saturated rings. The summed E-state index contributed by atoms with van der Waals surface area (Å²) >= 11 is 12.4. The van der Waals surface area contributed by atoms with Crippen molar-refractivity contribution >= 4 is 40.1 Å². The molecule has 2 atom stereocenters. The van der Waals surface area contributed by atoms with Crippen molar-refractivity contribution in [2.75, 3.05) is 20.1 Å². The summed E-state index contributed by atoms with van der Waals surface area (Å²) < 4.78 is 53.2. The fourth-order valence-corrected chi connectivity index (χ4v) is 5.23. The highest BCUT2D eigenvalue weighted by molar-refractivity contribution is 6.42. The van der Waals surface area contributed by atoms with E-state index in [0.29, 0.717) is 45.3 Å². The molecular formula is C26H21Cl2F4N5O. The number of H-pyrrole nitrogens is 1. The van der Waals surface area contributed by atoms with E-state index < -0.39 is 17.6 Å². The van der Waals surface area contributed by atoms with Crippen molar-refractivity contribution in [3.05, 3.63) is 92.7 Å². The number of amides is 1. The first-order valence-corrected chi connectivity index (χ1v) is 12.4. The number of aromatic nitrogens is 3. The Morgan fingerprint density at radius 2 is 1.87 bits per heavy atom. The average molecular weight is 566 g/mol. The van der Waals surface area contributed by atoms with Crippen molar-refractivity contribution in [2.45, 2.75) is 24.7 Å². The lowest BCUT2D eigenvalue weighted by Crippen LogP contribution is -2.38. The summed E-state index contributed by atoms with van der Waals surface area (Å²) in [6.07, 6.45) is -4.77. The van der Waals surface area contributed by atoms with Gasteiger partial charge in [0.25, 0.3) is 5.91 Å². The normalized spacial score (nSPS) is 18.1. The number of hydrogen-bond acceptors (Lipinski definition) is 4. The van der Waals surface area contributed by atoms with E-state index in [0.717, 1.165) is 17.7 Å². The van der Waals surface area contributed by atoms with Gasteiger partial charge in [0, 0.05) is 37.2 Å². The Morgan fingerprint density at radius 1 is 1.08 bits per heavy atom. The van der Waals surface area contributed by atoms with Gasteiger partial charge < -0.3 is 4.90 Å². The molecule has 1 aliphatic heterocycles. The van der Waals surface area contributed by atoms with Gasteiger partial charge >= 0.3 is 6.18 Å². The van der Waals surface area contributed by atoms with Crippen LogP contribution in [-0.4, -0.2) is 57.3 Å². The molecule has 4 aromatic rings. The quantitative estimate of drug-likeness (QED) is 0.294. The van der Waals surface area contributed by atoms with E-state index in [1.165, 1.54) is 6.07 Å². The Bertz CT molecular complexity index is 1510. The number of fused-ring (bicyclic) bond motifs is 1. The van der Waals surface area contributed by atoms with Crippen LogP contribution in [0.3, 0.4) is 0 Å². The van der Waals surface area contributed by atoms with Crippen LogP contribution >= 0.6 is 23.2 Å². The van der Waals surface area contributed by atoms with Crippen molar-refractivity contribution in [1.29, 1.82) is 0 Å². The molecule has 2 heterocycles. The predicted molar refractivity (Wildman–Crippen MR) is 136 cm³/mol. The molecule has 1 aliphatic rings. The Balaban J connectivity index is 1.42. The van der Waals surface area contributed by atoms with E-state index in [-0.39, 0.29) is 24.4 Å². The molecule has 0 aliphatic carbocycles. The first kappa shape index (κ1) is 26.4. The number of nitrogens with zero attached hydrogens (tertiary/aromatic N) is 4. The van der Waals surface area contributed by atoms with E-state index in [4.69, 9.17) is 23.2 Å². The third-order valence-electron chi connectivity index (χ3n) is 6.86. The molecule has 1 amide bonds. The number of carbonyl (C=O) groups is 1. The summed E-state index contributed by atoms with van der Waals surface area (Å²) in [5.41, 5.74) is 1.67. The minimum absolute atomic E-state index is 0.172. The SMILES string of the molecule is CN(Cc1ccc(C(F)(F)F)c(F)c1)[C@@H]1CN(C(=O)c2ccc3nn[nH]c3c2)C[C@@H]1c1ccc(Cl)c(Cl)c1. The van der Waals surface area contributed by atoms with Gasteiger partial charge in [-0.1, -0.05) is 40.5 Å². The number of hydrogen-bond donors (Lipinski definition) is 1. The van der Waals surface area contributed by atoms with E-state index in [2.05, 4.69) is 15.4 Å². The molecule has 0 spiro atoms. The van der Waals surface area contributed by atoms with E-state index in [9.17, 15) is 22.4 Å². The van der Waals surface area contributed by atoms with Crippen LogP contribution in [0.2, 0.25) is 10.0 Å². The van der Waals surface area contributed by atoms with Crippen LogP contribution in [0.25, 0.3) is 11.0 Å². The molecule has 5 rings (SSSR count). The highest BCUT2D eigenvalue weighted by Crippen LogP contribution is 2.36. The number of likely N-dealkylation sites (N-methyl/N-ethyl adjacent to an activating group) is 1. The lowest BCUT2D eigenvalue weighted by Gasteiger charge is -2.29. The molecular weight excluding hydrogens is 545 g/mol. The fourth-order valence-electron chi connectivity index (χ4n) is 4.92. The highest BCUT2D eigenvalue weighted by Gasteiger charge is 2.39. The second-order valence-electron chi connectivity index (χ2n) is 9.33. The summed E-state index contributed by atoms with van der Waals surface area (Å²) in [6, 6.07) is 13.0. The second-order valence-corrected chi connectivity index (χ2v) is 10.1.